The number of nitrogens with zero attached hydrogens (tertiary/aromatic N) is 2. The Hall–Kier alpha value is -1.95. The van der Waals surface area contributed by atoms with E-state index in [2.05, 4.69) is 10.3 Å². The van der Waals surface area contributed by atoms with Crippen LogP contribution >= 0.6 is 11.3 Å². The lowest BCUT2D eigenvalue weighted by atomic mass is 10.2. The summed E-state index contributed by atoms with van der Waals surface area (Å²) in [5.74, 6) is -0.297. The minimum atomic E-state index is -0.297. The van der Waals surface area contributed by atoms with Gasteiger partial charge in [0, 0.05) is 24.7 Å². The fraction of sp³-hybridized carbons (Fsp3) is 0.231. The first-order valence-electron chi connectivity index (χ1n) is 5.89. The Morgan fingerprint density at radius 2 is 2.37 bits per heavy atom. The SMILES string of the molecule is CCN(Cc1cccc(F)c1)C(=O)Nc1nccs1. The van der Waals surface area contributed by atoms with Crippen LogP contribution in [-0.2, 0) is 6.54 Å². The van der Waals surface area contributed by atoms with Crippen LogP contribution in [0.15, 0.2) is 35.8 Å². The maximum Gasteiger partial charge on any atom is 0.323 e. The van der Waals surface area contributed by atoms with Crippen LogP contribution in [-0.4, -0.2) is 22.5 Å². The normalized spacial score (nSPS) is 10.2. The number of halogens is 1. The van der Waals surface area contributed by atoms with Crippen LogP contribution in [0.25, 0.3) is 0 Å². The molecule has 0 saturated heterocycles. The zero-order chi connectivity index (χ0) is 13.7. The quantitative estimate of drug-likeness (QED) is 0.933. The highest BCUT2D eigenvalue weighted by molar-refractivity contribution is 7.13. The fourth-order valence-corrected chi connectivity index (χ4v) is 2.16. The van der Waals surface area contributed by atoms with Crippen molar-refractivity contribution < 1.29 is 9.18 Å². The van der Waals surface area contributed by atoms with Gasteiger partial charge in [-0.3, -0.25) is 5.32 Å². The van der Waals surface area contributed by atoms with Gasteiger partial charge in [-0.25, -0.2) is 14.2 Å². The number of hydrogen-bond acceptors (Lipinski definition) is 3. The van der Waals surface area contributed by atoms with Gasteiger partial charge >= 0.3 is 6.03 Å². The highest BCUT2D eigenvalue weighted by atomic mass is 32.1. The number of urea groups is 1. The van der Waals surface area contributed by atoms with E-state index in [0.717, 1.165) is 5.56 Å². The Bertz CT molecular complexity index is 545. The number of carbonyl (C=O) groups is 1. The van der Waals surface area contributed by atoms with Gasteiger partial charge < -0.3 is 4.90 Å². The van der Waals surface area contributed by atoms with Crippen LogP contribution in [0.4, 0.5) is 14.3 Å². The van der Waals surface area contributed by atoms with Gasteiger partial charge in [0.25, 0.3) is 0 Å². The van der Waals surface area contributed by atoms with Crippen molar-refractivity contribution >= 4 is 22.5 Å². The molecule has 1 aromatic heterocycles. The largest absolute Gasteiger partial charge is 0.323 e. The van der Waals surface area contributed by atoms with Gasteiger partial charge in [0.1, 0.15) is 5.82 Å². The van der Waals surface area contributed by atoms with Crippen molar-refractivity contribution in [3.8, 4) is 0 Å². The maximum atomic E-state index is 13.1. The van der Waals surface area contributed by atoms with Crippen molar-refractivity contribution in [3.05, 3.63) is 47.2 Å². The van der Waals surface area contributed by atoms with Crippen molar-refractivity contribution in [2.75, 3.05) is 11.9 Å². The van der Waals surface area contributed by atoms with Crippen molar-refractivity contribution in [3.63, 3.8) is 0 Å². The van der Waals surface area contributed by atoms with Gasteiger partial charge in [0.05, 0.1) is 0 Å². The molecule has 0 aliphatic heterocycles. The number of thiazole rings is 1. The Morgan fingerprint density at radius 1 is 1.53 bits per heavy atom. The lowest BCUT2D eigenvalue weighted by Crippen LogP contribution is -2.34. The van der Waals surface area contributed by atoms with E-state index in [1.165, 1.54) is 23.5 Å². The van der Waals surface area contributed by atoms with E-state index < -0.39 is 0 Å². The summed E-state index contributed by atoms with van der Waals surface area (Å²) in [7, 11) is 0. The summed E-state index contributed by atoms with van der Waals surface area (Å²) in [5, 5.41) is 5.06. The maximum absolute atomic E-state index is 13.1. The Kier molecular flexibility index (Phi) is 4.46. The predicted octanol–water partition coefficient (Wildman–Crippen LogP) is 3.34. The predicted molar refractivity (Wildman–Crippen MR) is 73.6 cm³/mol. The molecule has 0 spiro atoms. The minimum Gasteiger partial charge on any atom is -0.320 e. The van der Waals surface area contributed by atoms with E-state index in [9.17, 15) is 9.18 Å². The zero-order valence-electron chi connectivity index (χ0n) is 10.5. The van der Waals surface area contributed by atoms with Crippen LogP contribution in [0, 0.1) is 5.82 Å². The first kappa shape index (κ1) is 13.5. The number of aromatic nitrogens is 1. The van der Waals surface area contributed by atoms with Crippen LogP contribution in [0.2, 0.25) is 0 Å². The molecule has 19 heavy (non-hydrogen) atoms. The summed E-state index contributed by atoms with van der Waals surface area (Å²) < 4.78 is 13.1. The Morgan fingerprint density at radius 3 is 3.00 bits per heavy atom. The second kappa shape index (κ2) is 6.29. The van der Waals surface area contributed by atoms with Crippen molar-refractivity contribution in [2.45, 2.75) is 13.5 Å². The molecule has 0 saturated carbocycles. The Labute approximate surface area is 114 Å². The second-order valence-corrected chi connectivity index (χ2v) is 4.81. The molecule has 0 radical (unpaired) electrons. The molecule has 2 rings (SSSR count). The van der Waals surface area contributed by atoms with E-state index >= 15 is 0 Å². The molecule has 2 amide bonds. The summed E-state index contributed by atoms with van der Waals surface area (Å²) in [4.78, 5) is 17.6. The number of nitrogens with one attached hydrogen (secondary N) is 1. The van der Waals surface area contributed by atoms with Gasteiger partial charge in [-0.1, -0.05) is 12.1 Å². The van der Waals surface area contributed by atoms with Crippen LogP contribution in [0.1, 0.15) is 12.5 Å². The third kappa shape index (κ3) is 3.75. The lowest BCUT2D eigenvalue weighted by Gasteiger charge is -2.20. The molecule has 2 aromatic rings. The number of anilines is 1. The number of carbonyl (C=O) groups excluding carboxylic acids is 1. The molecule has 1 heterocycles. The Balaban J connectivity index is 2.01. The average molecular weight is 279 g/mol. The average Bonchev–Trinajstić information content (AvgIpc) is 2.88. The third-order valence-corrected chi connectivity index (χ3v) is 3.27. The van der Waals surface area contributed by atoms with Gasteiger partial charge in [0.15, 0.2) is 5.13 Å². The van der Waals surface area contributed by atoms with Gasteiger partial charge in [0.2, 0.25) is 0 Å². The van der Waals surface area contributed by atoms with Crippen molar-refractivity contribution in [2.24, 2.45) is 0 Å². The molecule has 6 heteroatoms. The molecular weight excluding hydrogens is 265 g/mol. The van der Waals surface area contributed by atoms with Gasteiger partial charge in [-0.2, -0.15) is 0 Å². The molecule has 100 valence electrons. The highest BCUT2D eigenvalue weighted by Gasteiger charge is 2.13. The summed E-state index contributed by atoms with van der Waals surface area (Å²) in [6, 6.07) is 6.01. The van der Waals surface area contributed by atoms with Gasteiger partial charge in [-0.15, -0.1) is 11.3 Å². The lowest BCUT2D eigenvalue weighted by molar-refractivity contribution is 0.212. The molecular formula is C13H14FN3OS. The first-order valence-corrected chi connectivity index (χ1v) is 6.77. The van der Waals surface area contributed by atoms with Crippen molar-refractivity contribution in [1.82, 2.24) is 9.88 Å². The highest BCUT2D eigenvalue weighted by Crippen LogP contribution is 2.13. The summed E-state index contributed by atoms with van der Waals surface area (Å²) in [6.07, 6.45) is 1.63. The minimum absolute atomic E-state index is 0.235. The fourth-order valence-electron chi connectivity index (χ4n) is 1.64. The molecule has 1 N–H and O–H groups in total. The van der Waals surface area contributed by atoms with Crippen LogP contribution in [0.3, 0.4) is 0 Å². The monoisotopic (exact) mass is 279 g/mol. The number of rotatable bonds is 4. The zero-order valence-corrected chi connectivity index (χ0v) is 11.3. The van der Waals surface area contributed by atoms with Crippen molar-refractivity contribution in [1.29, 1.82) is 0 Å². The molecule has 0 fully saturated rings. The summed E-state index contributed by atoms with van der Waals surface area (Å²) in [5.41, 5.74) is 0.760. The first-order chi connectivity index (χ1) is 9.19. The molecule has 0 aliphatic carbocycles. The smallest absolute Gasteiger partial charge is 0.320 e. The number of benzene rings is 1. The van der Waals surface area contributed by atoms with E-state index in [4.69, 9.17) is 0 Å². The summed E-state index contributed by atoms with van der Waals surface area (Å²) >= 11 is 1.36. The van der Waals surface area contributed by atoms with Crippen LogP contribution < -0.4 is 5.32 Å². The molecule has 1 aromatic carbocycles. The van der Waals surface area contributed by atoms with Crippen LogP contribution in [0.5, 0.6) is 0 Å². The third-order valence-electron chi connectivity index (χ3n) is 2.58. The number of amides is 2. The molecule has 0 atom stereocenters. The standard InChI is InChI=1S/C13H14FN3OS/c1-2-17(9-10-4-3-5-11(14)8-10)13(18)16-12-15-6-7-19-12/h3-8H,2,9H2,1H3,(H,15,16,18). The number of hydrogen-bond donors (Lipinski definition) is 1. The second-order valence-electron chi connectivity index (χ2n) is 3.91. The van der Waals surface area contributed by atoms with E-state index in [1.807, 2.05) is 6.92 Å². The molecule has 0 aliphatic rings. The topological polar surface area (TPSA) is 45.2 Å². The molecule has 0 unspecified atom stereocenters. The molecule has 4 nitrogen and oxygen atoms in total. The molecule has 0 bridgehead atoms. The van der Waals surface area contributed by atoms with E-state index in [0.29, 0.717) is 18.2 Å². The van der Waals surface area contributed by atoms with E-state index in [-0.39, 0.29) is 11.8 Å². The van der Waals surface area contributed by atoms with Gasteiger partial charge in [-0.05, 0) is 24.6 Å². The summed E-state index contributed by atoms with van der Waals surface area (Å²) in [6.45, 7) is 2.78. The van der Waals surface area contributed by atoms with E-state index in [1.54, 1.807) is 28.6 Å².